The van der Waals surface area contributed by atoms with Crippen LogP contribution in [0.2, 0.25) is 0 Å². The van der Waals surface area contributed by atoms with Crippen molar-refractivity contribution in [2.45, 2.75) is 33.7 Å². The lowest BCUT2D eigenvalue weighted by Gasteiger charge is -2.36. The van der Waals surface area contributed by atoms with E-state index < -0.39 is 0 Å². The fraction of sp³-hybridized carbons (Fsp3) is 0.778. The van der Waals surface area contributed by atoms with Crippen molar-refractivity contribution in [3.05, 3.63) is 17.5 Å². The van der Waals surface area contributed by atoms with E-state index in [2.05, 4.69) is 34.1 Å². The number of aromatic nitrogens is 1. The van der Waals surface area contributed by atoms with Gasteiger partial charge in [-0.25, -0.2) is 0 Å². The van der Waals surface area contributed by atoms with Crippen LogP contribution in [0.3, 0.4) is 0 Å². The fourth-order valence-corrected chi connectivity index (χ4v) is 3.36. The van der Waals surface area contributed by atoms with E-state index in [1.165, 1.54) is 0 Å². The van der Waals surface area contributed by atoms with Crippen molar-refractivity contribution >= 4 is 29.9 Å². The lowest BCUT2D eigenvalue weighted by atomic mass is 9.90. The zero-order valence-electron chi connectivity index (χ0n) is 16.2. The average molecular weight is 477 g/mol. The van der Waals surface area contributed by atoms with Gasteiger partial charge in [0.05, 0.1) is 18.8 Å². The molecule has 8 heteroatoms. The summed E-state index contributed by atoms with van der Waals surface area (Å²) in [5.74, 6) is 1.91. The number of piperazine rings is 1. The third-order valence-corrected chi connectivity index (χ3v) is 4.98. The van der Waals surface area contributed by atoms with Crippen molar-refractivity contribution in [2.24, 2.45) is 10.4 Å². The van der Waals surface area contributed by atoms with Crippen LogP contribution in [0.1, 0.15) is 31.7 Å². The van der Waals surface area contributed by atoms with Crippen LogP contribution in [0.5, 0.6) is 0 Å². The van der Waals surface area contributed by atoms with E-state index >= 15 is 0 Å². The Bertz CT molecular complexity index is 578. The summed E-state index contributed by atoms with van der Waals surface area (Å²) in [5.41, 5.74) is 1.20. The minimum atomic E-state index is 0. The van der Waals surface area contributed by atoms with Gasteiger partial charge in [-0.1, -0.05) is 12.1 Å². The molecule has 1 aromatic heterocycles. The van der Waals surface area contributed by atoms with Crippen molar-refractivity contribution in [1.82, 2.24) is 20.3 Å². The van der Waals surface area contributed by atoms with Gasteiger partial charge in [-0.2, -0.15) is 0 Å². The summed E-state index contributed by atoms with van der Waals surface area (Å²) < 4.78 is 10.7. The second kappa shape index (κ2) is 9.89. The van der Waals surface area contributed by atoms with Gasteiger partial charge in [0.15, 0.2) is 5.96 Å². The highest BCUT2D eigenvalue weighted by Gasteiger charge is 2.30. The zero-order valence-corrected chi connectivity index (χ0v) is 18.5. The highest BCUT2D eigenvalue weighted by molar-refractivity contribution is 14.0. The molecule has 7 nitrogen and oxygen atoms in total. The first-order valence-electron chi connectivity index (χ1n) is 9.33. The van der Waals surface area contributed by atoms with E-state index in [1.807, 2.05) is 13.0 Å². The molecule has 1 atom stereocenters. The van der Waals surface area contributed by atoms with Crippen LogP contribution in [0.15, 0.2) is 15.6 Å². The van der Waals surface area contributed by atoms with Gasteiger partial charge in [0.2, 0.25) is 0 Å². The Labute approximate surface area is 173 Å². The first-order chi connectivity index (χ1) is 12.1. The highest BCUT2D eigenvalue weighted by Crippen LogP contribution is 2.28. The van der Waals surface area contributed by atoms with Crippen LogP contribution >= 0.6 is 24.0 Å². The maximum absolute atomic E-state index is 5.55. The zero-order chi connectivity index (χ0) is 17.7. The largest absolute Gasteiger partial charge is 0.381 e. The smallest absolute Gasteiger partial charge is 0.194 e. The molecule has 2 saturated heterocycles. The summed E-state index contributed by atoms with van der Waals surface area (Å²) in [6.45, 7) is 14.6. The van der Waals surface area contributed by atoms with Crippen LogP contribution < -0.4 is 5.32 Å². The third-order valence-electron chi connectivity index (χ3n) is 4.98. The van der Waals surface area contributed by atoms with Crippen molar-refractivity contribution in [2.75, 3.05) is 52.5 Å². The van der Waals surface area contributed by atoms with Gasteiger partial charge in [-0.3, -0.25) is 9.89 Å². The highest BCUT2D eigenvalue weighted by atomic mass is 127. The molecule has 2 aliphatic rings. The molecule has 26 heavy (non-hydrogen) atoms. The number of guanidine groups is 1. The van der Waals surface area contributed by atoms with Crippen molar-refractivity contribution in [3.63, 3.8) is 0 Å². The number of aliphatic imine (C=N–C) groups is 1. The molecule has 0 radical (unpaired) electrons. The first kappa shape index (κ1) is 21.4. The van der Waals surface area contributed by atoms with Gasteiger partial charge < -0.3 is 19.5 Å². The van der Waals surface area contributed by atoms with Gasteiger partial charge in [0.25, 0.3) is 0 Å². The Hall–Kier alpha value is -0.870. The van der Waals surface area contributed by atoms with Crippen molar-refractivity contribution in [3.8, 4) is 0 Å². The van der Waals surface area contributed by atoms with Crippen LogP contribution in [0.25, 0.3) is 0 Å². The molecule has 2 aliphatic heterocycles. The molecule has 3 heterocycles. The number of ether oxygens (including phenoxy) is 1. The quantitative estimate of drug-likeness (QED) is 0.398. The second-order valence-electron chi connectivity index (χ2n) is 7.48. The standard InChI is InChI=1S/C18H31N5O2.HI/c1-4-19-17(20-13-18(3)5-10-24-14-18)23-8-6-22(7-9-23)12-16-11-15(2)25-21-16;/h11H,4-10,12-14H2,1-3H3,(H,19,20);1H. The number of aryl methyl sites for hydroxylation is 1. The van der Waals surface area contributed by atoms with Crippen LogP contribution in [-0.2, 0) is 11.3 Å². The number of nitrogens with zero attached hydrogens (tertiary/aromatic N) is 4. The third kappa shape index (κ3) is 5.82. The molecule has 2 fully saturated rings. The van der Waals surface area contributed by atoms with Gasteiger partial charge in [0.1, 0.15) is 5.76 Å². The number of halogens is 1. The summed E-state index contributed by atoms with van der Waals surface area (Å²) in [6.07, 6.45) is 1.10. The Morgan fingerprint density at radius 1 is 1.35 bits per heavy atom. The normalized spacial score (nSPS) is 24.6. The van der Waals surface area contributed by atoms with Crippen molar-refractivity contribution < 1.29 is 9.26 Å². The Morgan fingerprint density at radius 3 is 2.69 bits per heavy atom. The Morgan fingerprint density at radius 2 is 2.12 bits per heavy atom. The molecular weight excluding hydrogens is 445 g/mol. The van der Waals surface area contributed by atoms with Crippen molar-refractivity contribution in [1.29, 1.82) is 0 Å². The summed E-state index contributed by atoms with van der Waals surface area (Å²) in [6, 6.07) is 2.02. The van der Waals surface area contributed by atoms with Gasteiger partial charge in [-0.15, -0.1) is 24.0 Å². The summed E-state index contributed by atoms with van der Waals surface area (Å²) >= 11 is 0. The summed E-state index contributed by atoms with van der Waals surface area (Å²) in [5, 5.41) is 7.55. The Balaban J connectivity index is 0.00000243. The number of hydrogen-bond donors (Lipinski definition) is 1. The molecule has 3 rings (SSSR count). The molecular formula is C18H32IN5O2. The molecule has 0 spiro atoms. The summed E-state index contributed by atoms with van der Waals surface area (Å²) in [4.78, 5) is 9.70. The van der Waals surface area contributed by atoms with Gasteiger partial charge >= 0.3 is 0 Å². The predicted octanol–water partition coefficient (Wildman–Crippen LogP) is 2.11. The monoisotopic (exact) mass is 477 g/mol. The number of hydrogen-bond acceptors (Lipinski definition) is 5. The molecule has 0 amide bonds. The van der Waals surface area contributed by atoms with E-state index in [1.54, 1.807) is 0 Å². The minimum Gasteiger partial charge on any atom is -0.381 e. The Kier molecular flexibility index (Phi) is 8.15. The van der Waals surface area contributed by atoms with E-state index in [9.17, 15) is 0 Å². The minimum absolute atomic E-state index is 0. The average Bonchev–Trinajstić information content (AvgIpc) is 3.21. The first-order valence-corrected chi connectivity index (χ1v) is 9.33. The molecule has 0 aromatic carbocycles. The van der Waals surface area contributed by atoms with Crippen LogP contribution in [0.4, 0.5) is 0 Å². The van der Waals surface area contributed by atoms with E-state index in [0.717, 1.165) is 82.9 Å². The van der Waals surface area contributed by atoms with Gasteiger partial charge in [0, 0.05) is 57.4 Å². The fourth-order valence-electron chi connectivity index (χ4n) is 3.36. The molecule has 0 saturated carbocycles. The topological polar surface area (TPSA) is 66.1 Å². The molecule has 1 unspecified atom stereocenters. The van der Waals surface area contributed by atoms with E-state index in [4.69, 9.17) is 14.3 Å². The maximum atomic E-state index is 5.55. The van der Waals surface area contributed by atoms with Crippen LogP contribution in [-0.4, -0.2) is 73.4 Å². The van der Waals surface area contributed by atoms with E-state index in [-0.39, 0.29) is 29.4 Å². The number of rotatable bonds is 5. The lowest BCUT2D eigenvalue weighted by Crippen LogP contribution is -2.52. The molecule has 1 N–H and O–H groups in total. The molecule has 0 bridgehead atoms. The van der Waals surface area contributed by atoms with E-state index in [0.29, 0.717) is 0 Å². The van der Waals surface area contributed by atoms with Gasteiger partial charge in [-0.05, 0) is 20.3 Å². The molecule has 1 aromatic rings. The second-order valence-corrected chi connectivity index (χ2v) is 7.48. The predicted molar refractivity (Wildman–Crippen MR) is 113 cm³/mol. The number of nitrogens with one attached hydrogen (secondary N) is 1. The molecule has 148 valence electrons. The SMILES string of the molecule is CCNC(=NCC1(C)CCOC1)N1CCN(Cc2cc(C)on2)CC1.I. The molecule has 0 aliphatic carbocycles. The van der Waals surface area contributed by atoms with Crippen LogP contribution in [0, 0.1) is 12.3 Å². The lowest BCUT2D eigenvalue weighted by molar-refractivity contribution is 0.160. The summed E-state index contributed by atoms with van der Waals surface area (Å²) in [7, 11) is 0. The maximum Gasteiger partial charge on any atom is 0.194 e.